The van der Waals surface area contributed by atoms with E-state index in [1.165, 1.54) is 20.0 Å². The van der Waals surface area contributed by atoms with E-state index in [2.05, 4.69) is 12.4 Å². The van der Waals surface area contributed by atoms with Gasteiger partial charge in [-0.25, -0.2) is 4.79 Å². The van der Waals surface area contributed by atoms with Gasteiger partial charge < -0.3 is 19.3 Å². The molecule has 1 aromatic rings. The van der Waals surface area contributed by atoms with Crippen LogP contribution in [0.1, 0.15) is 41.6 Å². The summed E-state index contributed by atoms with van der Waals surface area (Å²) in [7, 11) is 5.06. The van der Waals surface area contributed by atoms with Gasteiger partial charge in [-0.2, -0.15) is 0 Å². The van der Waals surface area contributed by atoms with E-state index in [4.69, 9.17) is 9.47 Å². The molecule has 3 rings (SSSR count). The fraction of sp³-hybridized carbons (Fsp3) is 0.579. The molecule has 1 heterocycles. The monoisotopic (exact) mass is 347 g/mol. The molecule has 2 fully saturated rings. The summed E-state index contributed by atoms with van der Waals surface area (Å²) in [6, 6.07) is 3.42. The van der Waals surface area contributed by atoms with Gasteiger partial charge in [-0.3, -0.25) is 4.79 Å². The highest BCUT2D eigenvalue weighted by Crippen LogP contribution is 2.49. The number of likely N-dealkylation sites (tertiary alicyclic amines) is 1. The maximum atomic E-state index is 13.1. The quantitative estimate of drug-likeness (QED) is 0.657. The van der Waals surface area contributed by atoms with Gasteiger partial charge in [0.05, 0.1) is 45.6 Å². The number of amides is 1. The molecule has 1 aromatic carbocycles. The van der Waals surface area contributed by atoms with Gasteiger partial charge in [-0.15, -0.1) is 0 Å². The fourth-order valence-electron chi connectivity index (χ4n) is 4.13. The Morgan fingerprint density at radius 2 is 1.80 bits per heavy atom. The summed E-state index contributed by atoms with van der Waals surface area (Å²) >= 11 is 0. The first-order valence-corrected chi connectivity index (χ1v) is 8.80. The topological polar surface area (TPSA) is 64.6 Å². The summed E-state index contributed by atoms with van der Waals surface area (Å²) in [6.45, 7) is 3.94. The van der Waals surface area contributed by atoms with Crippen LogP contribution in [0.4, 0.5) is 5.69 Å². The molecule has 0 unspecified atom stereocenters. The van der Waals surface area contributed by atoms with Gasteiger partial charge in [-0.1, -0.05) is 0 Å². The molecule has 1 saturated heterocycles. The minimum absolute atomic E-state index is 0.00956. The predicted octanol–water partition coefficient (Wildman–Crippen LogP) is 2.50. The Morgan fingerprint density at radius 1 is 1.16 bits per heavy atom. The molecule has 136 valence electrons. The van der Waals surface area contributed by atoms with Gasteiger partial charge >= 0.3 is 5.97 Å². The molecule has 1 N–H and O–H groups in total. The van der Waals surface area contributed by atoms with Gasteiger partial charge in [0.15, 0.2) is 5.54 Å². The summed E-state index contributed by atoms with van der Waals surface area (Å²) < 4.78 is 10.9. The number of ether oxygens (including phenoxy) is 2. The number of rotatable bonds is 5. The van der Waals surface area contributed by atoms with Crippen LogP contribution in [0.5, 0.6) is 5.75 Å². The third-order valence-corrected chi connectivity index (χ3v) is 5.92. The lowest BCUT2D eigenvalue weighted by molar-refractivity contribution is -0.923. The third kappa shape index (κ3) is 2.88. The van der Waals surface area contributed by atoms with Crippen molar-refractivity contribution < 1.29 is 23.5 Å². The lowest BCUT2D eigenvalue weighted by Crippen LogP contribution is -2.57. The summed E-state index contributed by atoms with van der Waals surface area (Å²) in [5.41, 5.74) is 1.28. The Morgan fingerprint density at radius 3 is 2.32 bits per heavy atom. The Labute approximate surface area is 148 Å². The highest BCUT2D eigenvalue weighted by molar-refractivity contribution is 6.06. The summed E-state index contributed by atoms with van der Waals surface area (Å²) in [6.07, 6.45) is 4.14. The van der Waals surface area contributed by atoms with E-state index in [1.807, 2.05) is 13.0 Å². The molecule has 1 saturated carbocycles. The second kappa shape index (κ2) is 6.33. The van der Waals surface area contributed by atoms with E-state index in [0.29, 0.717) is 17.0 Å². The molecule has 0 aromatic heterocycles. The molecule has 0 spiro atoms. The number of hydrogen-bond donors (Lipinski definition) is 1. The Hall–Kier alpha value is -2.08. The average Bonchev–Trinajstić information content (AvgIpc) is 3.32. The number of carbonyl (C=O) groups excluding carboxylic acids is 2. The van der Waals surface area contributed by atoms with E-state index < -0.39 is 5.97 Å². The number of quaternary nitrogens is 1. The number of nitrogens with zero attached hydrogens (tertiary/aromatic N) is 1. The number of esters is 1. The van der Waals surface area contributed by atoms with Crippen molar-refractivity contribution in [2.24, 2.45) is 0 Å². The highest BCUT2D eigenvalue weighted by Gasteiger charge is 2.64. The number of methoxy groups -OCH3 is 2. The standard InChI is InChI=1S/C19H26N2O4/c1-13-11-14(24-3)12-15(17(22)25-4)16(13)20-18(23)19(7-8-19)21(2)9-5-6-10-21/h11-12H,5-10H2,1-4H3/p+1. The molecule has 6 heteroatoms. The lowest BCUT2D eigenvalue weighted by atomic mass is 10.1. The predicted molar refractivity (Wildman–Crippen MR) is 94.8 cm³/mol. The average molecular weight is 347 g/mol. The summed E-state index contributed by atoms with van der Waals surface area (Å²) in [4.78, 5) is 25.3. The van der Waals surface area contributed by atoms with Crippen molar-refractivity contribution in [2.45, 2.75) is 38.1 Å². The summed E-state index contributed by atoms with van der Waals surface area (Å²) in [5.74, 6) is 0.0922. The van der Waals surface area contributed by atoms with Crippen LogP contribution >= 0.6 is 0 Å². The number of likely N-dealkylation sites (N-methyl/N-ethyl adjacent to an activating group) is 1. The van der Waals surface area contributed by atoms with Crippen LogP contribution in [0.15, 0.2) is 12.1 Å². The molecule has 0 bridgehead atoms. The second-order valence-electron chi connectivity index (χ2n) is 7.39. The molecular formula is C19H27N2O4+. The zero-order valence-corrected chi connectivity index (χ0v) is 15.5. The molecule has 0 atom stereocenters. The Balaban J connectivity index is 1.92. The smallest absolute Gasteiger partial charge is 0.340 e. The zero-order chi connectivity index (χ0) is 18.2. The van der Waals surface area contributed by atoms with Crippen molar-refractivity contribution in [3.05, 3.63) is 23.3 Å². The largest absolute Gasteiger partial charge is 0.497 e. The van der Waals surface area contributed by atoms with E-state index in [1.54, 1.807) is 13.2 Å². The van der Waals surface area contributed by atoms with Gasteiger partial charge in [0, 0.05) is 25.7 Å². The maximum absolute atomic E-state index is 13.1. The zero-order valence-electron chi connectivity index (χ0n) is 15.5. The van der Waals surface area contributed by atoms with Crippen LogP contribution in [-0.2, 0) is 9.53 Å². The Bertz CT molecular complexity index is 704. The minimum Gasteiger partial charge on any atom is -0.497 e. The van der Waals surface area contributed by atoms with Crippen LogP contribution in [0.25, 0.3) is 0 Å². The van der Waals surface area contributed by atoms with Crippen molar-refractivity contribution in [2.75, 3.05) is 39.7 Å². The number of benzene rings is 1. The summed E-state index contributed by atoms with van der Waals surface area (Å²) in [5, 5.41) is 3.04. The van der Waals surface area contributed by atoms with Crippen LogP contribution in [0.2, 0.25) is 0 Å². The second-order valence-corrected chi connectivity index (χ2v) is 7.39. The van der Waals surface area contributed by atoms with E-state index in [0.717, 1.165) is 36.0 Å². The van der Waals surface area contributed by atoms with E-state index >= 15 is 0 Å². The van der Waals surface area contributed by atoms with Crippen LogP contribution in [0, 0.1) is 6.92 Å². The van der Waals surface area contributed by atoms with Gasteiger partial charge in [0.25, 0.3) is 5.91 Å². The number of hydrogen-bond acceptors (Lipinski definition) is 4. The van der Waals surface area contributed by atoms with Crippen molar-refractivity contribution in [1.82, 2.24) is 0 Å². The Kier molecular flexibility index (Phi) is 4.49. The van der Waals surface area contributed by atoms with Crippen molar-refractivity contribution >= 4 is 17.6 Å². The van der Waals surface area contributed by atoms with E-state index in [-0.39, 0.29) is 11.4 Å². The number of anilines is 1. The molecular weight excluding hydrogens is 320 g/mol. The molecule has 1 aliphatic carbocycles. The van der Waals surface area contributed by atoms with Crippen molar-refractivity contribution in [1.29, 1.82) is 0 Å². The van der Waals surface area contributed by atoms with Gasteiger partial charge in [-0.05, 0) is 24.6 Å². The number of aryl methyl sites for hydroxylation is 1. The van der Waals surface area contributed by atoms with Gasteiger partial charge in [0.1, 0.15) is 5.75 Å². The first-order chi connectivity index (χ1) is 11.9. The number of nitrogens with one attached hydrogen (secondary N) is 1. The third-order valence-electron chi connectivity index (χ3n) is 5.92. The molecule has 0 radical (unpaired) electrons. The van der Waals surface area contributed by atoms with Crippen LogP contribution < -0.4 is 10.1 Å². The van der Waals surface area contributed by atoms with Gasteiger partial charge in [0.2, 0.25) is 0 Å². The maximum Gasteiger partial charge on any atom is 0.340 e. The normalized spacial score (nSPS) is 20.0. The fourth-order valence-corrected chi connectivity index (χ4v) is 4.13. The number of carbonyl (C=O) groups is 2. The lowest BCUT2D eigenvalue weighted by Gasteiger charge is -2.37. The minimum atomic E-state index is -0.483. The molecule has 25 heavy (non-hydrogen) atoms. The molecule has 2 aliphatic rings. The molecule has 1 aliphatic heterocycles. The van der Waals surface area contributed by atoms with Crippen molar-refractivity contribution in [3.63, 3.8) is 0 Å². The van der Waals surface area contributed by atoms with Crippen molar-refractivity contribution in [3.8, 4) is 5.75 Å². The first-order valence-electron chi connectivity index (χ1n) is 8.80. The molecule has 1 amide bonds. The molecule has 6 nitrogen and oxygen atoms in total. The van der Waals surface area contributed by atoms with Crippen LogP contribution in [0.3, 0.4) is 0 Å². The first kappa shape index (κ1) is 17.7. The SMILES string of the molecule is COC(=O)c1cc(OC)cc(C)c1NC(=O)C1([N+]2(C)CCCC2)CC1. The van der Waals surface area contributed by atoms with E-state index in [9.17, 15) is 9.59 Å². The highest BCUT2D eigenvalue weighted by atomic mass is 16.5. The van der Waals surface area contributed by atoms with Crippen LogP contribution in [-0.4, -0.2) is 56.3 Å².